The van der Waals surface area contributed by atoms with Gasteiger partial charge in [0.15, 0.2) is 16.1 Å². The van der Waals surface area contributed by atoms with E-state index in [0.29, 0.717) is 30.4 Å². The van der Waals surface area contributed by atoms with Crippen LogP contribution in [0, 0.1) is 0 Å². The lowest BCUT2D eigenvalue weighted by molar-refractivity contribution is -0.131. The first kappa shape index (κ1) is 20.6. The number of amides is 2. The van der Waals surface area contributed by atoms with Crippen molar-refractivity contribution in [1.29, 1.82) is 0 Å². The lowest BCUT2D eigenvalue weighted by Gasteiger charge is -2.20. The van der Waals surface area contributed by atoms with Crippen LogP contribution >= 0.6 is 23.4 Å². The lowest BCUT2D eigenvalue weighted by atomic mass is 10.2. The van der Waals surface area contributed by atoms with E-state index in [1.54, 1.807) is 18.3 Å². The van der Waals surface area contributed by atoms with Crippen molar-refractivity contribution in [3.8, 4) is 0 Å². The largest absolute Gasteiger partial charge is 0.335 e. The second-order valence-corrected chi connectivity index (χ2v) is 7.75. The summed E-state index contributed by atoms with van der Waals surface area (Å²) in [7, 11) is 0. The fourth-order valence-corrected chi connectivity index (χ4v) is 4.02. The van der Waals surface area contributed by atoms with Crippen LogP contribution in [-0.2, 0) is 22.7 Å². The van der Waals surface area contributed by atoms with Gasteiger partial charge in [-0.2, -0.15) is 0 Å². The Morgan fingerprint density at radius 2 is 2.18 bits per heavy atom. The minimum Gasteiger partial charge on any atom is -0.335 e. The van der Waals surface area contributed by atoms with E-state index in [1.807, 2.05) is 16.4 Å². The molecular weight excluding hydrogens is 400 g/mol. The molecule has 2 amide bonds. The quantitative estimate of drug-likeness (QED) is 0.544. The minimum absolute atomic E-state index is 0.171. The van der Waals surface area contributed by atoms with E-state index in [4.69, 9.17) is 11.6 Å². The van der Waals surface area contributed by atoms with Crippen LogP contribution in [0.4, 0.5) is 5.69 Å². The molecule has 0 atom stereocenters. The first-order valence-electron chi connectivity index (χ1n) is 9.31. The molecular formula is C18H23ClN6O2S. The number of aromatic nitrogens is 4. The maximum Gasteiger partial charge on any atom is 0.234 e. The van der Waals surface area contributed by atoms with Gasteiger partial charge in [0.25, 0.3) is 0 Å². The number of thioether (sulfide) groups is 1. The summed E-state index contributed by atoms with van der Waals surface area (Å²) in [5.41, 5.74) is 0.479. The molecule has 0 spiro atoms. The predicted octanol–water partition coefficient (Wildman–Crippen LogP) is 2.98. The van der Waals surface area contributed by atoms with Gasteiger partial charge < -0.3 is 14.8 Å². The Labute approximate surface area is 173 Å². The molecule has 0 aromatic carbocycles. The first-order chi connectivity index (χ1) is 13.6. The molecule has 1 saturated heterocycles. The van der Waals surface area contributed by atoms with Crippen molar-refractivity contribution in [2.24, 2.45) is 0 Å². The number of nitrogens with one attached hydrogen (secondary N) is 1. The van der Waals surface area contributed by atoms with Gasteiger partial charge in [-0.05, 0) is 31.9 Å². The Morgan fingerprint density at radius 1 is 1.32 bits per heavy atom. The van der Waals surface area contributed by atoms with E-state index in [1.165, 1.54) is 11.8 Å². The Kier molecular flexibility index (Phi) is 7.27. The van der Waals surface area contributed by atoms with Gasteiger partial charge in [0.2, 0.25) is 11.8 Å². The van der Waals surface area contributed by atoms with Crippen molar-refractivity contribution in [3.63, 3.8) is 0 Å². The van der Waals surface area contributed by atoms with Crippen molar-refractivity contribution in [2.75, 3.05) is 17.6 Å². The summed E-state index contributed by atoms with van der Waals surface area (Å²) in [6.07, 6.45) is 5.21. The van der Waals surface area contributed by atoms with Gasteiger partial charge in [-0.25, -0.2) is 4.98 Å². The molecule has 0 bridgehead atoms. The Morgan fingerprint density at radius 3 is 2.96 bits per heavy atom. The summed E-state index contributed by atoms with van der Waals surface area (Å²) >= 11 is 7.26. The Bertz CT molecular complexity index is 843. The predicted molar refractivity (Wildman–Crippen MR) is 108 cm³/mol. The summed E-state index contributed by atoms with van der Waals surface area (Å²) in [6, 6.07) is 3.40. The van der Waals surface area contributed by atoms with E-state index in [2.05, 4.69) is 20.5 Å². The standard InChI is InChI=1S/C18H23ClN6O2S/c1-2-25-14(11-24-10-5-3-4-8-16(24)27)22-23-18(25)28-12-15(26)21-13-7-6-9-20-17(13)19/h6-7,9H,2-5,8,10-12H2,1H3,(H,21,26). The van der Waals surface area contributed by atoms with Gasteiger partial charge in [-0.1, -0.05) is 29.8 Å². The molecule has 150 valence electrons. The van der Waals surface area contributed by atoms with Gasteiger partial charge in [-0.15, -0.1) is 10.2 Å². The van der Waals surface area contributed by atoms with E-state index < -0.39 is 0 Å². The molecule has 2 aromatic heterocycles. The van der Waals surface area contributed by atoms with Crippen LogP contribution in [0.1, 0.15) is 38.4 Å². The monoisotopic (exact) mass is 422 g/mol. The summed E-state index contributed by atoms with van der Waals surface area (Å²) in [5, 5.41) is 12.1. The van der Waals surface area contributed by atoms with Gasteiger partial charge in [0.05, 0.1) is 18.0 Å². The normalized spacial score (nSPS) is 14.8. The first-order valence-corrected chi connectivity index (χ1v) is 10.7. The molecule has 1 aliphatic rings. The fraction of sp³-hybridized carbons (Fsp3) is 0.500. The smallest absolute Gasteiger partial charge is 0.234 e. The number of halogens is 1. The second kappa shape index (κ2) is 9.88. The van der Waals surface area contributed by atoms with Crippen molar-refractivity contribution in [3.05, 3.63) is 29.3 Å². The molecule has 0 aliphatic carbocycles. The number of anilines is 1. The molecule has 0 saturated carbocycles. The average Bonchev–Trinajstić information content (AvgIpc) is 2.96. The third-order valence-electron chi connectivity index (χ3n) is 4.48. The minimum atomic E-state index is -0.199. The van der Waals surface area contributed by atoms with Crippen LogP contribution in [0.3, 0.4) is 0 Å². The highest BCUT2D eigenvalue weighted by molar-refractivity contribution is 7.99. The van der Waals surface area contributed by atoms with Gasteiger partial charge in [0.1, 0.15) is 0 Å². The topological polar surface area (TPSA) is 93.0 Å². The van der Waals surface area contributed by atoms with Gasteiger partial charge in [-0.3, -0.25) is 9.59 Å². The van der Waals surface area contributed by atoms with E-state index in [9.17, 15) is 9.59 Å². The number of carbonyl (C=O) groups excluding carboxylic acids is 2. The number of carbonyl (C=O) groups is 2. The molecule has 1 fully saturated rings. The number of likely N-dealkylation sites (tertiary alicyclic amines) is 1. The molecule has 28 heavy (non-hydrogen) atoms. The molecule has 1 aliphatic heterocycles. The maximum atomic E-state index is 12.2. The number of rotatable bonds is 7. The van der Waals surface area contributed by atoms with Crippen LogP contribution in [0.15, 0.2) is 23.5 Å². The summed E-state index contributed by atoms with van der Waals surface area (Å²) in [4.78, 5) is 30.2. The van der Waals surface area contributed by atoms with Gasteiger partial charge >= 0.3 is 0 Å². The third kappa shape index (κ3) is 5.23. The molecule has 8 nitrogen and oxygen atoms in total. The van der Waals surface area contributed by atoms with Crippen molar-refractivity contribution >= 4 is 40.9 Å². The summed E-state index contributed by atoms with van der Waals surface area (Å²) in [6.45, 7) is 3.88. The fourth-order valence-electron chi connectivity index (χ4n) is 3.03. The van der Waals surface area contributed by atoms with Gasteiger partial charge in [0, 0.05) is 25.7 Å². The molecule has 3 heterocycles. The van der Waals surface area contributed by atoms with Crippen molar-refractivity contribution in [1.82, 2.24) is 24.6 Å². The zero-order valence-electron chi connectivity index (χ0n) is 15.7. The van der Waals surface area contributed by atoms with Crippen LogP contribution < -0.4 is 5.32 Å². The van der Waals surface area contributed by atoms with Crippen molar-refractivity contribution < 1.29 is 9.59 Å². The average molecular weight is 423 g/mol. The molecule has 0 unspecified atom stereocenters. The molecule has 0 radical (unpaired) electrons. The molecule has 10 heteroatoms. The Balaban J connectivity index is 1.61. The summed E-state index contributed by atoms with van der Waals surface area (Å²) < 4.78 is 1.95. The number of nitrogens with zero attached hydrogens (tertiary/aromatic N) is 5. The highest BCUT2D eigenvalue weighted by Crippen LogP contribution is 2.21. The number of hydrogen-bond acceptors (Lipinski definition) is 6. The zero-order chi connectivity index (χ0) is 19.9. The Hall–Kier alpha value is -2.13. The van der Waals surface area contributed by atoms with Crippen LogP contribution in [0.5, 0.6) is 0 Å². The summed E-state index contributed by atoms with van der Waals surface area (Å²) in [5.74, 6) is 0.891. The highest BCUT2D eigenvalue weighted by atomic mass is 35.5. The third-order valence-corrected chi connectivity index (χ3v) is 5.75. The zero-order valence-corrected chi connectivity index (χ0v) is 17.3. The lowest BCUT2D eigenvalue weighted by Crippen LogP contribution is -2.31. The van der Waals surface area contributed by atoms with E-state index in [-0.39, 0.29) is 22.7 Å². The van der Waals surface area contributed by atoms with E-state index in [0.717, 1.165) is 31.6 Å². The molecule has 1 N–H and O–H groups in total. The number of hydrogen-bond donors (Lipinski definition) is 1. The van der Waals surface area contributed by atoms with Crippen LogP contribution in [-0.4, -0.2) is 48.8 Å². The SMILES string of the molecule is CCn1c(CN2CCCCCC2=O)nnc1SCC(=O)Nc1cccnc1Cl. The molecule has 3 rings (SSSR count). The van der Waals surface area contributed by atoms with E-state index >= 15 is 0 Å². The van der Waals surface area contributed by atoms with Crippen molar-refractivity contribution in [2.45, 2.75) is 50.9 Å². The van der Waals surface area contributed by atoms with Crippen LogP contribution in [0.2, 0.25) is 5.15 Å². The second-order valence-electron chi connectivity index (χ2n) is 6.45. The molecule has 2 aromatic rings. The highest BCUT2D eigenvalue weighted by Gasteiger charge is 2.21. The maximum absolute atomic E-state index is 12.2. The number of pyridine rings is 1. The van der Waals surface area contributed by atoms with Crippen LogP contribution in [0.25, 0.3) is 0 Å².